The summed E-state index contributed by atoms with van der Waals surface area (Å²) in [5.74, 6) is -2.63. The van der Waals surface area contributed by atoms with Crippen molar-refractivity contribution in [2.75, 3.05) is 18.1 Å². The predicted molar refractivity (Wildman–Crippen MR) is 117 cm³/mol. The zero-order valence-electron chi connectivity index (χ0n) is 17.1. The lowest BCUT2D eigenvalue weighted by Crippen LogP contribution is -2.43. The van der Waals surface area contributed by atoms with E-state index < -0.39 is 30.3 Å². The van der Waals surface area contributed by atoms with Gasteiger partial charge in [0.15, 0.2) is 6.61 Å². The van der Waals surface area contributed by atoms with Crippen LogP contribution in [0, 0.1) is 19.8 Å². The summed E-state index contributed by atoms with van der Waals surface area (Å²) in [5, 5.41) is 0. The number of para-hydroxylation sites is 1. The van der Waals surface area contributed by atoms with E-state index in [2.05, 4.69) is 26.8 Å². The van der Waals surface area contributed by atoms with Gasteiger partial charge in [0.1, 0.15) is 0 Å². The monoisotopic (exact) mass is 487 g/mol. The third kappa shape index (κ3) is 5.49. The molecular formula is C22H22BrN3O5. The molecule has 1 atom stereocenters. The van der Waals surface area contributed by atoms with Gasteiger partial charge in [-0.3, -0.25) is 30.0 Å². The molecule has 0 bridgehead atoms. The summed E-state index contributed by atoms with van der Waals surface area (Å²) in [6.45, 7) is 3.46. The Morgan fingerprint density at radius 2 is 1.71 bits per heavy atom. The van der Waals surface area contributed by atoms with Crippen LogP contribution in [-0.4, -0.2) is 36.8 Å². The normalized spacial score (nSPS) is 15.5. The highest BCUT2D eigenvalue weighted by atomic mass is 79.9. The summed E-state index contributed by atoms with van der Waals surface area (Å²) in [6.07, 6.45) is 0.0224. The summed E-state index contributed by atoms with van der Waals surface area (Å²) >= 11 is 3.27. The van der Waals surface area contributed by atoms with E-state index in [1.165, 1.54) is 0 Å². The van der Waals surface area contributed by atoms with E-state index in [-0.39, 0.29) is 18.9 Å². The second kappa shape index (κ2) is 9.74. The molecular weight excluding hydrogens is 466 g/mol. The van der Waals surface area contributed by atoms with Crippen molar-refractivity contribution in [1.29, 1.82) is 0 Å². The maximum Gasteiger partial charge on any atom is 0.311 e. The lowest BCUT2D eigenvalue weighted by atomic mass is 10.1. The highest BCUT2D eigenvalue weighted by Gasteiger charge is 2.37. The molecule has 0 aliphatic carbocycles. The van der Waals surface area contributed by atoms with Gasteiger partial charge in [-0.05, 0) is 49.2 Å². The minimum atomic E-state index is -0.685. The van der Waals surface area contributed by atoms with E-state index in [0.29, 0.717) is 5.56 Å². The van der Waals surface area contributed by atoms with Gasteiger partial charge in [-0.1, -0.05) is 34.1 Å². The second-order valence-electron chi connectivity index (χ2n) is 7.26. The van der Waals surface area contributed by atoms with Crippen molar-refractivity contribution < 1.29 is 23.9 Å². The van der Waals surface area contributed by atoms with Crippen LogP contribution >= 0.6 is 15.9 Å². The van der Waals surface area contributed by atoms with Gasteiger partial charge in [-0.25, -0.2) is 0 Å². The lowest BCUT2D eigenvalue weighted by Gasteiger charge is -2.21. The number of carbonyl (C=O) groups excluding carboxylic acids is 4. The smallest absolute Gasteiger partial charge is 0.311 e. The largest absolute Gasteiger partial charge is 0.455 e. The minimum Gasteiger partial charge on any atom is -0.455 e. The Morgan fingerprint density at radius 1 is 1.06 bits per heavy atom. The van der Waals surface area contributed by atoms with Crippen molar-refractivity contribution in [1.82, 2.24) is 10.9 Å². The third-order valence-electron chi connectivity index (χ3n) is 4.94. The van der Waals surface area contributed by atoms with E-state index in [0.717, 1.165) is 21.3 Å². The van der Waals surface area contributed by atoms with Crippen LogP contribution in [0.2, 0.25) is 0 Å². The van der Waals surface area contributed by atoms with Crippen LogP contribution in [0.4, 0.5) is 5.69 Å². The van der Waals surface area contributed by atoms with E-state index in [1.807, 2.05) is 32.0 Å². The van der Waals surface area contributed by atoms with Gasteiger partial charge in [0.25, 0.3) is 11.8 Å². The summed E-state index contributed by atoms with van der Waals surface area (Å²) in [4.78, 5) is 50.3. The Kier molecular flexibility index (Phi) is 7.06. The number of nitrogens with one attached hydrogen (secondary N) is 2. The van der Waals surface area contributed by atoms with E-state index in [9.17, 15) is 19.2 Å². The van der Waals surface area contributed by atoms with Crippen LogP contribution in [0.15, 0.2) is 46.9 Å². The number of hydrogen-bond acceptors (Lipinski definition) is 5. The van der Waals surface area contributed by atoms with E-state index >= 15 is 0 Å². The van der Waals surface area contributed by atoms with Crippen molar-refractivity contribution in [3.8, 4) is 0 Å². The van der Waals surface area contributed by atoms with Crippen molar-refractivity contribution in [3.63, 3.8) is 0 Å². The average molecular weight is 488 g/mol. The number of rotatable bonds is 5. The Morgan fingerprint density at radius 3 is 2.35 bits per heavy atom. The molecule has 2 N–H and O–H groups in total. The molecule has 3 amide bonds. The SMILES string of the molecule is Cc1cccc(C)c1N1C[C@H](C(=O)OCC(=O)NNC(=O)c2ccc(Br)cc2)CC1=O. The van der Waals surface area contributed by atoms with E-state index in [1.54, 1.807) is 29.2 Å². The zero-order chi connectivity index (χ0) is 22.5. The molecule has 1 heterocycles. The minimum absolute atomic E-state index is 0.0224. The van der Waals surface area contributed by atoms with Crippen LogP contribution < -0.4 is 15.8 Å². The molecule has 31 heavy (non-hydrogen) atoms. The molecule has 3 rings (SSSR count). The molecule has 1 fully saturated rings. The molecule has 0 saturated carbocycles. The number of anilines is 1. The van der Waals surface area contributed by atoms with E-state index in [4.69, 9.17) is 4.74 Å². The highest BCUT2D eigenvalue weighted by molar-refractivity contribution is 9.10. The molecule has 8 nitrogen and oxygen atoms in total. The van der Waals surface area contributed by atoms with Crippen LogP contribution in [0.1, 0.15) is 27.9 Å². The molecule has 1 saturated heterocycles. The second-order valence-corrected chi connectivity index (χ2v) is 8.18. The molecule has 0 unspecified atom stereocenters. The van der Waals surface area contributed by atoms with Crippen LogP contribution in [-0.2, 0) is 19.1 Å². The molecule has 9 heteroatoms. The number of hydrazine groups is 1. The quantitative estimate of drug-likeness (QED) is 0.497. The first-order valence-electron chi connectivity index (χ1n) is 9.64. The Bertz CT molecular complexity index is 1000. The van der Waals surface area contributed by atoms with Crippen molar-refractivity contribution in [2.24, 2.45) is 5.92 Å². The number of nitrogens with zero attached hydrogens (tertiary/aromatic N) is 1. The molecule has 1 aliphatic rings. The number of hydrogen-bond donors (Lipinski definition) is 2. The number of amides is 3. The molecule has 1 aliphatic heterocycles. The average Bonchev–Trinajstić information content (AvgIpc) is 3.12. The molecule has 0 spiro atoms. The maximum atomic E-state index is 12.5. The molecule has 162 valence electrons. The molecule has 0 radical (unpaired) electrons. The van der Waals surface area contributed by atoms with Gasteiger partial charge >= 0.3 is 5.97 Å². The van der Waals surface area contributed by atoms with Crippen molar-refractivity contribution in [2.45, 2.75) is 20.3 Å². The number of benzene rings is 2. The molecule has 0 aromatic heterocycles. The number of aryl methyl sites for hydroxylation is 2. The molecule has 2 aromatic rings. The number of esters is 1. The predicted octanol–water partition coefficient (Wildman–Crippen LogP) is 2.42. The first kappa shape index (κ1) is 22.5. The Balaban J connectivity index is 1.48. The number of halogens is 1. The maximum absolute atomic E-state index is 12.5. The van der Waals surface area contributed by atoms with Gasteiger partial charge in [0, 0.05) is 28.7 Å². The van der Waals surface area contributed by atoms with Gasteiger partial charge in [0.05, 0.1) is 5.92 Å². The van der Waals surface area contributed by atoms with Crippen molar-refractivity contribution in [3.05, 3.63) is 63.6 Å². The summed E-state index contributed by atoms with van der Waals surface area (Å²) in [5.41, 5.74) is 7.50. The first-order valence-corrected chi connectivity index (χ1v) is 10.4. The zero-order valence-corrected chi connectivity index (χ0v) is 18.7. The summed E-state index contributed by atoms with van der Waals surface area (Å²) in [7, 11) is 0. The Labute approximate surface area is 188 Å². The Hall–Kier alpha value is -3.20. The van der Waals surface area contributed by atoms with Crippen LogP contribution in [0.3, 0.4) is 0 Å². The fraction of sp³-hybridized carbons (Fsp3) is 0.273. The van der Waals surface area contributed by atoms with Crippen LogP contribution in [0.25, 0.3) is 0 Å². The number of ether oxygens (including phenoxy) is 1. The van der Waals surface area contributed by atoms with Gasteiger partial charge in [-0.2, -0.15) is 0 Å². The highest BCUT2D eigenvalue weighted by Crippen LogP contribution is 2.31. The fourth-order valence-electron chi connectivity index (χ4n) is 3.40. The lowest BCUT2D eigenvalue weighted by molar-refractivity contribution is -0.152. The summed E-state index contributed by atoms with van der Waals surface area (Å²) in [6, 6.07) is 12.3. The third-order valence-corrected chi connectivity index (χ3v) is 5.46. The fourth-order valence-corrected chi connectivity index (χ4v) is 3.67. The van der Waals surface area contributed by atoms with Crippen LogP contribution in [0.5, 0.6) is 0 Å². The van der Waals surface area contributed by atoms with Gasteiger partial charge in [0.2, 0.25) is 5.91 Å². The summed E-state index contributed by atoms with van der Waals surface area (Å²) < 4.78 is 5.87. The van der Waals surface area contributed by atoms with Crippen molar-refractivity contribution >= 4 is 45.3 Å². The first-order chi connectivity index (χ1) is 14.8. The topological polar surface area (TPSA) is 105 Å². The van der Waals surface area contributed by atoms with Gasteiger partial charge < -0.3 is 9.64 Å². The standard InChI is InChI=1S/C22H22BrN3O5/c1-13-4-3-5-14(2)20(13)26-11-16(10-19(26)28)22(30)31-12-18(27)24-25-21(29)15-6-8-17(23)9-7-15/h3-9,16H,10-12H2,1-2H3,(H,24,27)(H,25,29)/t16-/m1/s1. The van der Waals surface area contributed by atoms with Gasteiger partial charge in [-0.15, -0.1) is 0 Å². The molecule has 2 aromatic carbocycles. The number of carbonyl (C=O) groups is 4.